The van der Waals surface area contributed by atoms with Crippen LogP contribution in [0.3, 0.4) is 0 Å². The van der Waals surface area contributed by atoms with Crippen LogP contribution in [0, 0.1) is 5.82 Å². The van der Waals surface area contributed by atoms with Crippen LogP contribution >= 0.6 is 11.8 Å². The molecular formula is C14H14FNS. The van der Waals surface area contributed by atoms with E-state index in [1.54, 1.807) is 6.07 Å². The molecular weight excluding hydrogens is 233 g/mol. The number of hydrogen-bond donors (Lipinski definition) is 1. The maximum absolute atomic E-state index is 13.8. The van der Waals surface area contributed by atoms with Gasteiger partial charge in [-0.3, -0.25) is 0 Å². The fourth-order valence-corrected chi connectivity index (χ4v) is 2.34. The van der Waals surface area contributed by atoms with Crippen molar-refractivity contribution in [3.05, 3.63) is 59.9 Å². The summed E-state index contributed by atoms with van der Waals surface area (Å²) < 4.78 is 13.8. The van der Waals surface area contributed by atoms with Gasteiger partial charge in [-0.1, -0.05) is 36.0 Å². The third-order valence-electron chi connectivity index (χ3n) is 2.45. The molecule has 0 radical (unpaired) electrons. The summed E-state index contributed by atoms with van der Waals surface area (Å²) in [4.78, 5) is 1.65. The molecule has 1 atom stereocenters. The average molecular weight is 247 g/mol. The van der Waals surface area contributed by atoms with Gasteiger partial charge in [0.2, 0.25) is 0 Å². The molecule has 0 amide bonds. The summed E-state index contributed by atoms with van der Waals surface area (Å²) in [7, 11) is 0. The highest BCUT2D eigenvalue weighted by Gasteiger charge is 2.07. The second-order valence-electron chi connectivity index (χ2n) is 3.89. The van der Waals surface area contributed by atoms with Crippen LogP contribution in [0.2, 0.25) is 0 Å². The van der Waals surface area contributed by atoms with Crippen molar-refractivity contribution in [1.29, 1.82) is 0 Å². The van der Waals surface area contributed by atoms with Gasteiger partial charge in [0.15, 0.2) is 0 Å². The zero-order valence-electron chi connectivity index (χ0n) is 9.56. The molecule has 0 heterocycles. The molecule has 1 nitrogen and oxygen atoms in total. The number of halogens is 1. The molecule has 0 fully saturated rings. The van der Waals surface area contributed by atoms with Crippen molar-refractivity contribution in [2.24, 2.45) is 5.73 Å². The van der Waals surface area contributed by atoms with Crippen LogP contribution < -0.4 is 5.73 Å². The van der Waals surface area contributed by atoms with E-state index in [1.165, 1.54) is 17.8 Å². The molecule has 0 spiro atoms. The summed E-state index contributed by atoms with van der Waals surface area (Å²) >= 11 is 1.42. The fourth-order valence-electron chi connectivity index (χ4n) is 1.50. The summed E-state index contributed by atoms with van der Waals surface area (Å²) in [6, 6.07) is 14.8. The molecule has 3 heteroatoms. The van der Waals surface area contributed by atoms with Gasteiger partial charge in [0, 0.05) is 15.8 Å². The zero-order valence-corrected chi connectivity index (χ0v) is 10.4. The number of rotatable bonds is 3. The average Bonchev–Trinajstić information content (AvgIpc) is 2.33. The molecule has 0 bridgehead atoms. The Labute approximate surface area is 105 Å². The van der Waals surface area contributed by atoms with E-state index in [0.29, 0.717) is 4.90 Å². The van der Waals surface area contributed by atoms with Crippen molar-refractivity contribution in [3.8, 4) is 0 Å². The quantitative estimate of drug-likeness (QED) is 0.887. The minimum Gasteiger partial charge on any atom is -0.324 e. The summed E-state index contributed by atoms with van der Waals surface area (Å²) in [6.45, 7) is 1.85. The van der Waals surface area contributed by atoms with E-state index >= 15 is 0 Å². The largest absolute Gasteiger partial charge is 0.324 e. The van der Waals surface area contributed by atoms with E-state index in [2.05, 4.69) is 0 Å². The van der Waals surface area contributed by atoms with E-state index in [-0.39, 0.29) is 11.9 Å². The minimum atomic E-state index is -0.214. The summed E-state index contributed by atoms with van der Waals surface area (Å²) in [5.41, 5.74) is 6.53. The summed E-state index contributed by atoms with van der Waals surface area (Å²) in [5, 5.41) is 0. The molecule has 0 aliphatic carbocycles. The number of nitrogens with two attached hydrogens (primary N) is 1. The van der Waals surface area contributed by atoms with Crippen molar-refractivity contribution >= 4 is 11.8 Å². The van der Waals surface area contributed by atoms with Crippen LogP contribution in [0.1, 0.15) is 18.5 Å². The Morgan fingerprint density at radius 1 is 1.12 bits per heavy atom. The third-order valence-corrected chi connectivity index (χ3v) is 3.51. The van der Waals surface area contributed by atoms with Crippen LogP contribution in [0.25, 0.3) is 0 Å². The van der Waals surface area contributed by atoms with Crippen molar-refractivity contribution in [1.82, 2.24) is 0 Å². The van der Waals surface area contributed by atoms with E-state index in [0.717, 1.165) is 10.5 Å². The first kappa shape index (κ1) is 12.1. The zero-order chi connectivity index (χ0) is 12.3. The molecule has 2 aromatic rings. The first-order valence-electron chi connectivity index (χ1n) is 5.45. The predicted molar refractivity (Wildman–Crippen MR) is 69.6 cm³/mol. The van der Waals surface area contributed by atoms with Crippen molar-refractivity contribution in [3.63, 3.8) is 0 Å². The van der Waals surface area contributed by atoms with Crippen LogP contribution in [0.15, 0.2) is 58.3 Å². The van der Waals surface area contributed by atoms with Crippen molar-refractivity contribution in [2.75, 3.05) is 0 Å². The van der Waals surface area contributed by atoms with Crippen LogP contribution in [-0.2, 0) is 0 Å². The Morgan fingerprint density at radius 3 is 2.41 bits per heavy atom. The second-order valence-corrected chi connectivity index (χ2v) is 5.01. The molecule has 2 aromatic carbocycles. The topological polar surface area (TPSA) is 26.0 Å². The van der Waals surface area contributed by atoms with Gasteiger partial charge in [0.25, 0.3) is 0 Å². The van der Waals surface area contributed by atoms with E-state index < -0.39 is 0 Å². The molecule has 0 aliphatic rings. The molecule has 0 saturated heterocycles. The van der Waals surface area contributed by atoms with Crippen LogP contribution in [0.5, 0.6) is 0 Å². The van der Waals surface area contributed by atoms with E-state index in [1.807, 2.05) is 43.3 Å². The Morgan fingerprint density at radius 2 is 1.82 bits per heavy atom. The Balaban J connectivity index is 2.23. The Hall–Kier alpha value is -1.32. The minimum absolute atomic E-state index is 0.139. The lowest BCUT2D eigenvalue weighted by Gasteiger charge is -2.08. The first-order valence-corrected chi connectivity index (χ1v) is 6.26. The second kappa shape index (κ2) is 5.34. The fraction of sp³-hybridized carbons (Fsp3) is 0.143. The molecule has 17 heavy (non-hydrogen) atoms. The van der Waals surface area contributed by atoms with Crippen molar-refractivity contribution in [2.45, 2.75) is 22.8 Å². The number of hydrogen-bond acceptors (Lipinski definition) is 2. The highest BCUT2D eigenvalue weighted by atomic mass is 32.2. The lowest BCUT2D eigenvalue weighted by Crippen LogP contribution is -2.05. The van der Waals surface area contributed by atoms with Gasteiger partial charge < -0.3 is 5.73 Å². The standard InChI is InChI=1S/C14H14FNS/c1-10(16)11-7-8-14(13(15)9-11)17-12-5-3-2-4-6-12/h2-10H,16H2,1H3/t10-/m1/s1. The SMILES string of the molecule is C[C@@H](N)c1ccc(Sc2ccccc2)c(F)c1. The van der Waals surface area contributed by atoms with Crippen LogP contribution in [0.4, 0.5) is 4.39 Å². The van der Waals surface area contributed by atoms with Gasteiger partial charge in [-0.05, 0) is 36.8 Å². The smallest absolute Gasteiger partial charge is 0.137 e. The molecule has 0 aliphatic heterocycles. The normalized spacial score (nSPS) is 12.4. The molecule has 2 N–H and O–H groups in total. The van der Waals surface area contributed by atoms with Gasteiger partial charge in [0.05, 0.1) is 0 Å². The maximum Gasteiger partial charge on any atom is 0.137 e. The molecule has 2 rings (SSSR count). The van der Waals surface area contributed by atoms with Gasteiger partial charge in [0.1, 0.15) is 5.82 Å². The lowest BCUT2D eigenvalue weighted by molar-refractivity contribution is 0.596. The highest BCUT2D eigenvalue weighted by molar-refractivity contribution is 7.99. The Kier molecular flexibility index (Phi) is 3.82. The van der Waals surface area contributed by atoms with E-state index in [9.17, 15) is 4.39 Å². The highest BCUT2D eigenvalue weighted by Crippen LogP contribution is 2.30. The third kappa shape index (κ3) is 3.08. The van der Waals surface area contributed by atoms with E-state index in [4.69, 9.17) is 5.73 Å². The molecule has 0 saturated carbocycles. The predicted octanol–water partition coefficient (Wildman–Crippen LogP) is 4.00. The Bertz CT molecular complexity index is 497. The monoisotopic (exact) mass is 247 g/mol. The summed E-state index contributed by atoms with van der Waals surface area (Å²) in [6.07, 6.45) is 0. The van der Waals surface area contributed by atoms with Gasteiger partial charge >= 0.3 is 0 Å². The van der Waals surface area contributed by atoms with Crippen LogP contribution in [-0.4, -0.2) is 0 Å². The van der Waals surface area contributed by atoms with Crippen molar-refractivity contribution < 1.29 is 4.39 Å². The maximum atomic E-state index is 13.8. The molecule has 88 valence electrons. The van der Waals surface area contributed by atoms with Gasteiger partial charge in [-0.25, -0.2) is 4.39 Å². The lowest BCUT2D eigenvalue weighted by atomic mass is 10.1. The molecule has 0 aromatic heterocycles. The van der Waals surface area contributed by atoms with Gasteiger partial charge in [-0.2, -0.15) is 0 Å². The number of benzene rings is 2. The first-order chi connectivity index (χ1) is 8.16. The molecule has 0 unspecified atom stereocenters. The van der Waals surface area contributed by atoms with Gasteiger partial charge in [-0.15, -0.1) is 0 Å². The summed E-state index contributed by atoms with van der Waals surface area (Å²) in [5.74, 6) is -0.214.